The molecule has 1 aromatic carbocycles. The summed E-state index contributed by atoms with van der Waals surface area (Å²) in [5.74, 6) is -0.151. The first-order valence-corrected chi connectivity index (χ1v) is 12.0. The van der Waals surface area contributed by atoms with E-state index in [4.69, 9.17) is 4.74 Å². The molecule has 1 aromatic heterocycles. The highest BCUT2D eigenvalue weighted by Crippen LogP contribution is 2.34. The van der Waals surface area contributed by atoms with Crippen LogP contribution in [0.25, 0.3) is 0 Å². The van der Waals surface area contributed by atoms with Crippen LogP contribution in [0.1, 0.15) is 43.7 Å². The molecule has 0 radical (unpaired) electrons. The molecule has 0 saturated heterocycles. The minimum absolute atomic E-state index is 0.00337. The summed E-state index contributed by atoms with van der Waals surface area (Å²) in [5, 5.41) is 4.89. The van der Waals surface area contributed by atoms with Crippen molar-refractivity contribution < 1.29 is 18.7 Å². The Labute approximate surface area is 193 Å². The summed E-state index contributed by atoms with van der Waals surface area (Å²) < 4.78 is 19.9. The van der Waals surface area contributed by atoms with Crippen molar-refractivity contribution >= 4 is 23.3 Å². The van der Waals surface area contributed by atoms with Gasteiger partial charge in [0.05, 0.1) is 6.04 Å². The molecule has 0 aliphatic carbocycles. The van der Waals surface area contributed by atoms with Gasteiger partial charge in [-0.25, -0.2) is 9.18 Å². The van der Waals surface area contributed by atoms with Gasteiger partial charge in [-0.05, 0) is 47.9 Å². The van der Waals surface area contributed by atoms with Crippen LogP contribution in [-0.4, -0.2) is 54.5 Å². The molecule has 3 rings (SSSR count). The SMILES string of the molecule is CCCNC(=O)N(CC(=O)N1CCc2sccc2[C@H]1COc1ccccc1F)CC(C)C. The standard InChI is InChI=1S/C24H32FN3O3S/c1-4-11-26-24(30)27(14-17(2)3)15-23(29)28-12-9-22-18(10-13-32-22)20(28)16-31-21-8-6-5-7-19(21)25/h5-8,10,13,17,20H,4,9,11-12,14-16H2,1-3H3,(H,26,30)/t20-/m1/s1. The zero-order valence-electron chi connectivity index (χ0n) is 19.0. The van der Waals surface area contributed by atoms with Crippen molar-refractivity contribution in [2.24, 2.45) is 5.92 Å². The van der Waals surface area contributed by atoms with Gasteiger partial charge < -0.3 is 19.9 Å². The van der Waals surface area contributed by atoms with E-state index in [9.17, 15) is 14.0 Å². The molecular formula is C24H32FN3O3S. The van der Waals surface area contributed by atoms with Gasteiger partial charge in [-0.2, -0.15) is 0 Å². The lowest BCUT2D eigenvalue weighted by molar-refractivity contribution is -0.135. The monoisotopic (exact) mass is 461 g/mol. The van der Waals surface area contributed by atoms with Crippen LogP contribution in [0, 0.1) is 11.7 Å². The van der Waals surface area contributed by atoms with Crippen molar-refractivity contribution in [3.8, 4) is 5.75 Å². The number of nitrogens with one attached hydrogen (secondary N) is 1. The Morgan fingerprint density at radius 1 is 1.31 bits per heavy atom. The van der Waals surface area contributed by atoms with Gasteiger partial charge in [0.1, 0.15) is 13.2 Å². The minimum atomic E-state index is -0.428. The van der Waals surface area contributed by atoms with E-state index in [0.717, 1.165) is 18.4 Å². The molecule has 0 saturated carbocycles. The molecule has 6 nitrogen and oxygen atoms in total. The average Bonchev–Trinajstić information content (AvgIpc) is 3.25. The number of halogens is 1. The molecule has 2 heterocycles. The summed E-state index contributed by atoms with van der Waals surface area (Å²) in [6.07, 6.45) is 1.60. The van der Waals surface area contributed by atoms with Crippen LogP contribution >= 0.6 is 11.3 Å². The van der Waals surface area contributed by atoms with Crippen molar-refractivity contribution in [2.45, 2.75) is 39.7 Å². The third kappa shape index (κ3) is 6.00. The van der Waals surface area contributed by atoms with Crippen LogP contribution in [0.4, 0.5) is 9.18 Å². The number of carbonyl (C=O) groups is 2. The molecule has 0 fully saturated rings. The second kappa shape index (κ2) is 11.3. The highest BCUT2D eigenvalue weighted by molar-refractivity contribution is 7.10. The Kier molecular flexibility index (Phi) is 8.50. The fourth-order valence-corrected chi connectivity index (χ4v) is 4.79. The molecule has 32 heavy (non-hydrogen) atoms. The van der Waals surface area contributed by atoms with Crippen molar-refractivity contribution in [3.05, 3.63) is 52.0 Å². The van der Waals surface area contributed by atoms with E-state index in [0.29, 0.717) is 19.6 Å². The maximum Gasteiger partial charge on any atom is 0.317 e. The van der Waals surface area contributed by atoms with Gasteiger partial charge in [-0.1, -0.05) is 32.9 Å². The quantitative estimate of drug-likeness (QED) is 0.599. The van der Waals surface area contributed by atoms with Gasteiger partial charge in [-0.15, -0.1) is 11.3 Å². The number of rotatable bonds is 9. The highest BCUT2D eigenvalue weighted by atomic mass is 32.1. The second-order valence-electron chi connectivity index (χ2n) is 8.40. The van der Waals surface area contributed by atoms with E-state index in [1.54, 1.807) is 39.3 Å². The maximum absolute atomic E-state index is 14.1. The summed E-state index contributed by atoms with van der Waals surface area (Å²) in [7, 11) is 0. The largest absolute Gasteiger partial charge is 0.488 e. The lowest BCUT2D eigenvalue weighted by Crippen LogP contribution is -2.50. The minimum Gasteiger partial charge on any atom is -0.488 e. The van der Waals surface area contributed by atoms with Crippen molar-refractivity contribution in [3.63, 3.8) is 0 Å². The summed E-state index contributed by atoms with van der Waals surface area (Å²) in [6, 6.07) is 7.74. The third-order valence-corrected chi connectivity index (χ3v) is 6.37. The second-order valence-corrected chi connectivity index (χ2v) is 9.40. The molecule has 1 atom stereocenters. The Bertz CT molecular complexity index is 917. The van der Waals surface area contributed by atoms with E-state index in [1.165, 1.54) is 10.9 Å². The molecule has 3 amide bonds. The Morgan fingerprint density at radius 3 is 2.81 bits per heavy atom. The van der Waals surface area contributed by atoms with Crippen molar-refractivity contribution in [1.82, 2.24) is 15.1 Å². The topological polar surface area (TPSA) is 61.9 Å². The zero-order chi connectivity index (χ0) is 23.1. The van der Waals surface area contributed by atoms with Gasteiger partial charge in [-0.3, -0.25) is 4.79 Å². The van der Waals surface area contributed by atoms with Gasteiger partial charge in [0, 0.05) is 24.5 Å². The van der Waals surface area contributed by atoms with Crippen molar-refractivity contribution in [1.29, 1.82) is 0 Å². The summed E-state index contributed by atoms with van der Waals surface area (Å²) in [5.41, 5.74) is 1.04. The first-order chi connectivity index (χ1) is 15.4. The third-order valence-electron chi connectivity index (χ3n) is 5.37. The van der Waals surface area contributed by atoms with Gasteiger partial charge >= 0.3 is 6.03 Å². The van der Waals surface area contributed by atoms with Crippen molar-refractivity contribution in [2.75, 3.05) is 32.8 Å². The first kappa shape index (κ1) is 24.0. The number of hydrogen-bond donors (Lipinski definition) is 1. The van der Waals surface area contributed by atoms with Crippen LogP contribution in [0.15, 0.2) is 35.7 Å². The Morgan fingerprint density at radius 2 is 2.09 bits per heavy atom. The number of benzene rings is 1. The van der Waals surface area contributed by atoms with Gasteiger partial charge in [0.25, 0.3) is 0 Å². The molecule has 0 spiro atoms. The van der Waals surface area contributed by atoms with Crippen LogP contribution < -0.4 is 10.1 Å². The van der Waals surface area contributed by atoms with E-state index >= 15 is 0 Å². The van der Waals surface area contributed by atoms with Gasteiger partial charge in [0.15, 0.2) is 11.6 Å². The van der Waals surface area contributed by atoms with Crippen LogP contribution in [0.2, 0.25) is 0 Å². The van der Waals surface area contributed by atoms with E-state index in [2.05, 4.69) is 5.32 Å². The maximum atomic E-state index is 14.1. The fraction of sp³-hybridized carbons (Fsp3) is 0.500. The first-order valence-electron chi connectivity index (χ1n) is 11.2. The molecule has 8 heteroatoms. The molecular weight excluding hydrogens is 429 g/mol. The Hall–Kier alpha value is -2.61. The number of para-hydroxylation sites is 1. The molecule has 1 N–H and O–H groups in total. The molecule has 2 aromatic rings. The van der Waals surface area contributed by atoms with E-state index in [1.807, 2.05) is 32.2 Å². The van der Waals surface area contributed by atoms with E-state index < -0.39 is 5.82 Å². The zero-order valence-corrected chi connectivity index (χ0v) is 19.8. The van der Waals surface area contributed by atoms with Gasteiger partial charge in [0.2, 0.25) is 5.91 Å². The molecule has 1 aliphatic heterocycles. The number of thiophene rings is 1. The van der Waals surface area contributed by atoms with Crippen LogP contribution in [-0.2, 0) is 11.2 Å². The number of hydrogen-bond acceptors (Lipinski definition) is 4. The number of amides is 3. The molecule has 1 aliphatic rings. The lowest BCUT2D eigenvalue weighted by atomic mass is 10.0. The summed E-state index contributed by atoms with van der Waals surface area (Å²) >= 11 is 1.66. The smallest absolute Gasteiger partial charge is 0.317 e. The summed E-state index contributed by atoms with van der Waals surface area (Å²) in [6.45, 7) is 7.81. The van der Waals surface area contributed by atoms with Crippen LogP contribution in [0.5, 0.6) is 5.75 Å². The molecule has 174 valence electrons. The number of fused-ring (bicyclic) bond motifs is 1. The fourth-order valence-electron chi connectivity index (χ4n) is 3.86. The predicted molar refractivity (Wildman–Crippen MR) is 124 cm³/mol. The number of ether oxygens (including phenoxy) is 1. The number of carbonyl (C=O) groups excluding carboxylic acids is 2. The summed E-state index contributed by atoms with van der Waals surface area (Å²) in [4.78, 5) is 30.6. The van der Waals surface area contributed by atoms with E-state index in [-0.39, 0.29) is 42.8 Å². The lowest BCUT2D eigenvalue weighted by Gasteiger charge is -2.37. The number of nitrogens with zero attached hydrogens (tertiary/aromatic N) is 2. The molecule has 0 bridgehead atoms. The molecule has 0 unspecified atom stereocenters. The normalized spacial score (nSPS) is 15.4. The number of urea groups is 1. The highest BCUT2D eigenvalue weighted by Gasteiger charge is 2.33. The van der Waals surface area contributed by atoms with Crippen LogP contribution in [0.3, 0.4) is 0 Å². The average molecular weight is 462 g/mol. The predicted octanol–water partition coefficient (Wildman–Crippen LogP) is 4.47. The Balaban J connectivity index is 1.76.